The first kappa shape index (κ1) is 26.8. The summed E-state index contributed by atoms with van der Waals surface area (Å²) in [6.45, 7) is 5.12. The van der Waals surface area contributed by atoms with Crippen molar-refractivity contribution in [2.75, 3.05) is 40.0 Å². The predicted octanol–water partition coefficient (Wildman–Crippen LogP) is 3.29. The second-order valence-electron chi connectivity index (χ2n) is 8.93. The van der Waals surface area contributed by atoms with Crippen LogP contribution in [0, 0.1) is 6.92 Å². The Bertz CT molecular complexity index is 1290. The number of sulfonamides is 1. The highest BCUT2D eigenvalue weighted by Crippen LogP contribution is 2.24. The highest BCUT2D eigenvalue weighted by atomic mass is 32.2. The number of aryl methyl sites for hydroxylation is 1. The Labute approximate surface area is 218 Å². The van der Waals surface area contributed by atoms with Gasteiger partial charge in [-0.1, -0.05) is 48.5 Å². The van der Waals surface area contributed by atoms with E-state index in [9.17, 15) is 13.2 Å². The zero-order chi connectivity index (χ0) is 26.3. The molecule has 37 heavy (non-hydrogen) atoms. The number of nitrogens with one attached hydrogen (secondary N) is 2. The highest BCUT2D eigenvalue weighted by Gasteiger charge is 2.24. The van der Waals surface area contributed by atoms with Crippen LogP contribution in [0.4, 0.5) is 0 Å². The summed E-state index contributed by atoms with van der Waals surface area (Å²) in [6.07, 6.45) is 0. The number of methoxy groups -OCH3 is 1. The number of morpholine rings is 1. The molecule has 2 N–H and O–H groups in total. The first-order valence-corrected chi connectivity index (χ1v) is 13.7. The first-order chi connectivity index (χ1) is 17.9. The van der Waals surface area contributed by atoms with Crippen molar-refractivity contribution in [1.82, 2.24) is 14.9 Å². The molecule has 1 amide bonds. The number of hydrogen-bond donors (Lipinski definition) is 2. The van der Waals surface area contributed by atoms with E-state index < -0.39 is 10.0 Å². The summed E-state index contributed by atoms with van der Waals surface area (Å²) in [5, 5.41) is 3.03. The van der Waals surface area contributed by atoms with E-state index in [1.54, 1.807) is 20.1 Å². The molecule has 8 nitrogen and oxygen atoms in total. The molecule has 1 atom stereocenters. The molecule has 1 heterocycles. The van der Waals surface area contributed by atoms with Crippen LogP contribution in [0.1, 0.15) is 33.1 Å². The van der Waals surface area contributed by atoms with Gasteiger partial charge in [0.1, 0.15) is 5.75 Å². The summed E-state index contributed by atoms with van der Waals surface area (Å²) in [6, 6.07) is 21.7. The lowest BCUT2D eigenvalue weighted by Crippen LogP contribution is -2.43. The van der Waals surface area contributed by atoms with Crippen molar-refractivity contribution < 1.29 is 22.7 Å². The molecule has 3 aromatic carbocycles. The van der Waals surface area contributed by atoms with Gasteiger partial charge >= 0.3 is 0 Å². The number of carbonyl (C=O) groups is 1. The molecule has 0 spiro atoms. The Morgan fingerprint density at radius 3 is 2.41 bits per heavy atom. The average Bonchev–Trinajstić information content (AvgIpc) is 2.93. The van der Waals surface area contributed by atoms with E-state index in [2.05, 4.69) is 14.9 Å². The smallest absolute Gasteiger partial charge is 0.251 e. The standard InChI is InChI=1S/C28H33N3O5S/c1-21-8-13-25(37(33,34)30-19-22-6-4-3-5-7-22)18-26(21)28(32)29-20-27(31-14-16-36-17-15-31)23-9-11-24(35-2)12-10-23/h3-13,18,27,30H,14-17,19-20H2,1-2H3,(H,29,32)/t27-/m0/s1. The number of carbonyl (C=O) groups excluding carboxylic acids is 1. The van der Waals surface area contributed by atoms with Gasteiger partial charge in [0, 0.05) is 31.7 Å². The lowest BCUT2D eigenvalue weighted by Gasteiger charge is -2.35. The SMILES string of the molecule is COc1ccc([C@H](CNC(=O)c2cc(S(=O)(=O)NCc3ccccc3)ccc2C)N2CCOCC2)cc1. The molecule has 4 rings (SSSR count). The van der Waals surface area contributed by atoms with Crippen LogP contribution < -0.4 is 14.8 Å². The fourth-order valence-corrected chi connectivity index (χ4v) is 5.37. The van der Waals surface area contributed by atoms with Crippen LogP contribution in [0.3, 0.4) is 0 Å². The normalized spacial score (nSPS) is 15.2. The van der Waals surface area contributed by atoms with Crippen LogP contribution in [-0.4, -0.2) is 59.2 Å². The summed E-state index contributed by atoms with van der Waals surface area (Å²) < 4.78 is 39.3. The van der Waals surface area contributed by atoms with Crippen molar-refractivity contribution in [3.63, 3.8) is 0 Å². The summed E-state index contributed by atoms with van der Waals surface area (Å²) in [7, 11) is -2.17. The van der Waals surface area contributed by atoms with Crippen LogP contribution in [0.25, 0.3) is 0 Å². The van der Waals surface area contributed by atoms with Crippen molar-refractivity contribution in [2.45, 2.75) is 24.4 Å². The third-order valence-electron chi connectivity index (χ3n) is 6.52. The average molecular weight is 524 g/mol. The van der Waals surface area contributed by atoms with E-state index in [4.69, 9.17) is 9.47 Å². The summed E-state index contributed by atoms with van der Waals surface area (Å²) >= 11 is 0. The maximum Gasteiger partial charge on any atom is 0.251 e. The zero-order valence-electron chi connectivity index (χ0n) is 21.1. The van der Waals surface area contributed by atoms with E-state index in [0.29, 0.717) is 30.9 Å². The van der Waals surface area contributed by atoms with Crippen LogP contribution >= 0.6 is 0 Å². The minimum Gasteiger partial charge on any atom is -0.497 e. The molecule has 1 aliphatic heterocycles. The van der Waals surface area contributed by atoms with Crippen LogP contribution in [0.2, 0.25) is 0 Å². The number of nitrogens with zero attached hydrogens (tertiary/aromatic N) is 1. The van der Waals surface area contributed by atoms with Crippen molar-refractivity contribution in [1.29, 1.82) is 0 Å². The summed E-state index contributed by atoms with van der Waals surface area (Å²) in [4.78, 5) is 15.6. The Balaban J connectivity index is 1.49. The fraction of sp³-hybridized carbons (Fsp3) is 0.321. The monoisotopic (exact) mass is 523 g/mol. The van der Waals surface area contributed by atoms with E-state index in [1.807, 2.05) is 54.6 Å². The molecule has 196 valence electrons. The molecule has 0 aromatic heterocycles. The number of hydrogen-bond acceptors (Lipinski definition) is 6. The molecule has 1 fully saturated rings. The van der Waals surface area contributed by atoms with Gasteiger partial charge in [0.25, 0.3) is 5.91 Å². The van der Waals surface area contributed by atoms with E-state index in [1.165, 1.54) is 12.1 Å². The second-order valence-corrected chi connectivity index (χ2v) is 10.7. The van der Waals surface area contributed by atoms with Gasteiger partial charge in [0.15, 0.2) is 0 Å². The zero-order valence-corrected chi connectivity index (χ0v) is 22.0. The van der Waals surface area contributed by atoms with Crippen LogP contribution in [0.5, 0.6) is 5.75 Å². The van der Waals surface area contributed by atoms with Gasteiger partial charge in [-0.15, -0.1) is 0 Å². The topological polar surface area (TPSA) is 97.0 Å². The molecular weight excluding hydrogens is 490 g/mol. The Morgan fingerprint density at radius 2 is 1.73 bits per heavy atom. The molecule has 0 aliphatic carbocycles. The highest BCUT2D eigenvalue weighted by molar-refractivity contribution is 7.89. The lowest BCUT2D eigenvalue weighted by atomic mass is 10.0. The van der Waals surface area contributed by atoms with Crippen LogP contribution in [0.15, 0.2) is 77.7 Å². The largest absolute Gasteiger partial charge is 0.497 e. The van der Waals surface area contributed by atoms with Crippen molar-refractivity contribution in [3.05, 3.63) is 95.1 Å². The molecule has 1 saturated heterocycles. The third kappa shape index (κ3) is 6.95. The minimum absolute atomic E-state index is 0.0547. The first-order valence-electron chi connectivity index (χ1n) is 12.3. The summed E-state index contributed by atoms with van der Waals surface area (Å²) in [5.74, 6) is 0.451. The van der Waals surface area contributed by atoms with Crippen molar-refractivity contribution >= 4 is 15.9 Å². The second kappa shape index (κ2) is 12.3. The Morgan fingerprint density at radius 1 is 1.03 bits per heavy atom. The number of rotatable bonds is 10. The molecule has 1 aliphatic rings. The Kier molecular flexibility index (Phi) is 8.94. The minimum atomic E-state index is -3.79. The molecule has 3 aromatic rings. The summed E-state index contributed by atoms with van der Waals surface area (Å²) in [5.41, 5.74) is 2.94. The van der Waals surface area contributed by atoms with Crippen LogP contribution in [-0.2, 0) is 21.3 Å². The van der Waals surface area contributed by atoms with E-state index >= 15 is 0 Å². The molecule has 0 bridgehead atoms. The number of amides is 1. The third-order valence-corrected chi connectivity index (χ3v) is 7.92. The molecule has 0 unspecified atom stereocenters. The van der Waals surface area contributed by atoms with Gasteiger partial charge in [-0.3, -0.25) is 9.69 Å². The van der Waals surface area contributed by atoms with Crippen molar-refractivity contribution in [3.8, 4) is 5.75 Å². The maximum atomic E-state index is 13.3. The van der Waals surface area contributed by atoms with E-state index in [0.717, 1.165) is 30.0 Å². The number of ether oxygens (including phenoxy) is 2. The fourth-order valence-electron chi connectivity index (χ4n) is 4.33. The van der Waals surface area contributed by atoms with Gasteiger partial charge in [-0.05, 0) is 47.9 Å². The lowest BCUT2D eigenvalue weighted by molar-refractivity contribution is 0.0162. The van der Waals surface area contributed by atoms with Gasteiger partial charge in [-0.25, -0.2) is 13.1 Å². The maximum absolute atomic E-state index is 13.3. The van der Waals surface area contributed by atoms with Gasteiger partial charge in [0.05, 0.1) is 31.3 Å². The Hall–Kier alpha value is -3.24. The molecular formula is C28H33N3O5S. The van der Waals surface area contributed by atoms with Crippen molar-refractivity contribution in [2.24, 2.45) is 0 Å². The quantitative estimate of drug-likeness (QED) is 0.423. The van der Waals surface area contributed by atoms with Gasteiger partial charge < -0.3 is 14.8 Å². The van der Waals surface area contributed by atoms with Gasteiger partial charge in [-0.2, -0.15) is 0 Å². The number of benzene rings is 3. The van der Waals surface area contributed by atoms with E-state index in [-0.39, 0.29) is 23.4 Å². The molecule has 0 radical (unpaired) electrons. The predicted molar refractivity (Wildman–Crippen MR) is 142 cm³/mol. The molecule has 9 heteroatoms. The molecule has 0 saturated carbocycles. The van der Waals surface area contributed by atoms with Gasteiger partial charge in [0.2, 0.25) is 10.0 Å².